The third-order valence-corrected chi connectivity index (χ3v) is 3.97. The molecule has 6 nitrogen and oxygen atoms in total. The molecule has 0 aliphatic heterocycles. The van der Waals surface area contributed by atoms with E-state index >= 15 is 0 Å². The van der Waals surface area contributed by atoms with Crippen molar-refractivity contribution in [1.82, 2.24) is 9.97 Å². The molecular formula is C14H16N2O4S. The number of furan rings is 1. The average molecular weight is 308 g/mol. The summed E-state index contributed by atoms with van der Waals surface area (Å²) in [6, 6.07) is 1.70. The Morgan fingerprint density at radius 1 is 1.52 bits per heavy atom. The number of H-pyrrole nitrogens is 1. The van der Waals surface area contributed by atoms with Gasteiger partial charge >= 0.3 is 5.97 Å². The first kappa shape index (κ1) is 15.4. The van der Waals surface area contributed by atoms with E-state index in [1.807, 2.05) is 6.92 Å². The molecular weight excluding hydrogens is 292 g/mol. The van der Waals surface area contributed by atoms with E-state index in [0.717, 1.165) is 5.69 Å². The molecule has 2 rings (SSSR count). The smallest absolute Gasteiger partial charge is 0.374 e. The van der Waals surface area contributed by atoms with Gasteiger partial charge in [-0.3, -0.25) is 4.79 Å². The summed E-state index contributed by atoms with van der Waals surface area (Å²) in [6.45, 7) is 3.71. The van der Waals surface area contributed by atoms with E-state index in [9.17, 15) is 9.59 Å². The van der Waals surface area contributed by atoms with E-state index in [0.29, 0.717) is 28.5 Å². The van der Waals surface area contributed by atoms with Gasteiger partial charge in [-0.15, -0.1) is 0 Å². The third kappa shape index (κ3) is 3.36. The van der Waals surface area contributed by atoms with E-state index in [1.165, 1.54) is 25.1 Å². The molecule has 2 aromatic rings. The van der Waals surface area contributed by atoms with Crippen molar-refractivity contribution in [2.75, 3.05) is 7.11 Å². The van der Waals surface area contributed by atoms with Crippen LogP contribution in [0.1, 0.15) is 34.3 Å². The fourth-order valence-corrected chi connectivity index (χ4v) is 2.70. The number of hydrogen-bond acceptors (Lipinski definition) is 6. The van der Waals surface area contributed by atoms with Gasteiger partial charge in [0.15, 0.2) is 5.16 Å². The maximum absolute atomic E-state index is 11.8. The lowest BCUT2D eigenvalue weighted by Gasteiger charge is -2.05. The van der Waals surface area contributed by atoms with Crippen LogP contribution in [0, 0.1) is 6.92 Å². The molecule has 0 aliphatic rings. The van der Waals surface area contributed by atoms with Crippen LogP contribution in [0.2, 0.25) is 0 Å². The van der Waals surface area contributed by atoms with E-state index in [2.05, 4.69) is 14.7 Å². The van der Waals surface area contributed by atoms with Crippen LogP contribution in [-0.2, 0) is 16.9 Å². The van der Waals surface area contributed by atoms with Gasteiger partial charge < -0.3 is 14.1 Å². The molecule has 0 saturated heterocycles. The molecule has 0 aliphatic carbocycles. The van der Waals surface area contributed by atoms with E-state index in [4.69, 9.17) is 4.42 Å². The normalized spacial score (nSPS) is 10.6. The molecule has 2 heterocycles. The van der Waals surface area contributed by atoms with Crippen molar-refractivity contribution in [2.45, 2.75) is 31.2 Å². The number of aromatic nitrogens is 2. The van der Waals surface area contributed by atoms with Crippen LogP contribution in [0.4, 0.5) is 0 Å². The zero-order chi connectivity index (χ0) is 15.4. The predicted octanol–water partition coefficient (Wildman–Crippen LogP) is 2.31. The van der Waals surface area contributed by atoms with Gasteiger partial charge in [0.1, 0.15) is 0 Å². The van der Waals surface area contributed by atoms with Crippen LogP contribution in [0.15, 0.2) is 26.7 Å². The highest BCUT2D eigenvalue weighted by Crippen LogP contribution is 2.23. The number of ether oxygens (including phenoxy) is 1. The third-order valence-electron chi connectivity index (χ3n) is 3.05. The average Bonchev–Trinajstić information content (AvgIpc) is 2.95. The molecule has 0 amide bonds. The van der Waals surface area contributed by atoms with Gasteiger partial charge in [-0.1, -0.05) is 18.7 Å². The van der Waals surface area contributed by atoms with Crippen molar-refractivity contribution in [3.63, 3.8) is 0 Å². The molecule has 1 N–H and O–H groups in total. The summed E-state index contributed by atoms with van der Waals surface area (Å²) in [5, 5.41) is 0.527. The largest absolute Gasteiger partial charge is 0.463 e. The number of nitrogens with zero attached hydrogens (tertiary/aromatic N) is 1. The molecule has 2 aromatic heterocycles. The molecule has 21 heavy (non-hydrogen) atoms. The topological polar surface area (TPSA) is 85.2 Å². The van der Waals surface area contributed by atoms with Crippen LogP contribution >= 0.6 is 11.8 Å². The Bertz CT molecular complexity index is 705. The van der Waals surface area contributed by atoms with Crippen molar-refractivity contribution in [1.29, 1.82) is 0 Å². The maximum Gasteiger partial charge on any atom is 0.374 e. The van der Waals surface area contributed by atoms with E-state index in [1.54, 1.807) is 13.0 Å². The Hall–Kier alpha value is -2.02. The Morgan fingerprint density at radius 2 is 2.29 bits per heavy atom. The Labute approximate surface area is 125 Å². The zero-order valence-corrected chi connectivity index (χ0v) is 12.9. The lowest BCUT2D eigenvalue weighted by atomic mass is 10.2. The molecule has 0 fully saturated rings. The lowest BCUT2D eigenvalue weighted by Crippen LogP contribution is -2.15. The summed E-state index contributed by atoms with van der Waals surface area (Å²) in [6.07, 6.45) is 2.13. The Kier molecular flexibility index (Phi) is 4.85. The summed E-state index contributed by atoms with van der Waals surface area (Å²) in [5.74, 6) is 0.112. The summed E-state index contributed by atoms with van der Waals surface area (Å²) >= 11 is 1.34. The first-order valence-corrected chi connectivity index (χ1v) is 7.42. The standard InChI is InChI=1S/C14H16N2O4S/c1-4-10-8(2)12(17)16-14(15-10)21-7-9-5-6-20-11(9)13(18)19-3/h5-6H,4,7H2,1-3H3,(H,15,16,17). The van der Waals surface area contributed by atoms with Crippen LogP contribution in [0.25, 0.3) is 0 Å². The maximum atomic E-state index is 11.8. The van der Waals surface area contributed by atoms with Crippen LogP contribution in [0.3, 0.4) is 0 Å². The highest BCUT2D eigenvalue weighted by atomic mass is 32.2. The minimum Gasteiger partial charge on any atom is -0.463 e. The number of aromatic amines is 1. The van der Waals surface area contributed by atoms with Crippen LogP contribution < -0.4 is 5.56 Å². The number of aryl methyl sites for hydroxylation is 1. The monoisotopic (exact) mass is 308 g/mol. The number of esters is 1. The zero-order valence-electron chi connectivity index (χ0n) is 12.1. The molecule has 0 unspecified atom stereocenters. The number of thioether (sulfide) groups is 1. The number of carbonyl (C=O) groups is 1. The summed E-state index contributed by atoms with van der Waals surface area (Å²) in [5.41, 5.74) is 1.99. The van der Waals surface area contributed by atoms with Gasteiger partial charge in [-0.2, -0.15) is 0 Å². The lowest BCUT2D eigenvalue weighted by molar-refractivity contribution is 0.0564. The van der Waals surface area contributed by atoms with Gasteiger partial charge in [0.2, 0.25) is 5.76 Å². The van der Waals surface area contributed by atoms with Crippen molar-refractivity contribution < 1.29 is 13.9 Å². The SMILES string of the molecule is CCc1nc(SCc2ccoc2C(=O)OC)[nH]c(=O)c1C. The predicted molar refractivity (Wildman–Crippen MR) is 78.6 cm³/mol. The molecule has 0 aromatic carbocycles. The van der Waals surface area contributed by atoms with Crippen molar-refractivity contribution in [2.24, 2.45) is 0 Å². The fourth-order valence-electron chi connectivity index (χ4n) is 1.84. The Morgan fingerprint density at radius 3 is 2.95 bits per heavy atom. The second kappa shape index (κ2) is 6.62. The minimum absolute atomic E-state index is 0.135. The van der Waals surface area contributed by atoms with Gasteiger partial charge in [0, 0.05) is 16.9 Å². The molecule has 0 spiro atoms. The number of carbonyl (C=O) groups excluding carboxylic acids is 1. The highest BCUT2D eigenvalue weighted by Gasteiger charge is 2.16. The molecule has 0 saturated carbocycles. The molecule has 0 atom stereocenters. The Balaban J connectivity index is 2.17. The molecule has 112 valence electrons. The van der Waals surface area contributed by atoms with Gasteiger partial charge in [-0.25, -0.2) is 9.78 Å². The highest BCUT2D eigenvalue weighted by molar-refractivity contribution is 7.98. The van der Waals surface area contributed by atoms with Gasteiger partial charge in [0.05, 0.1) is 19.1 Å². The summed E-state index contributed by atoms with van der Waals surface area (Å²) in [4.78, 5) is 30.4. The molecule has 0 radical (unpaired) electrons. The number of hydrogen-bond donors (Lipinski definition) is 1. The fraction of sp³-hybridized carbons (Fsp3) is 0.357. The number of methoxy groups -OCH3 is 1. The number of rotatable bonds is 5. The first-order valence-electron chi connectivity index (χ1n) is 6.44. The second-order valence-electron chi connectivity index (χ2n) is 4.35. The molecule has 0 bridgehead atoms. The van der Waals surface area contributed by atoms with Crippen molar-refractivity contribution in [3.8, 4) is 0 Å². The van der Waals surface area contributed by atoms with Crippen LogP contribution in [0.5, 0.6) is 0 Å². The summed E-state index contributed by atoms with van der Waals surface area (Å²) < 4.78 is 9.76. The van der Waals surface area contributed by atoms with Gasteiger partial charge in [-0.05, 0) is 19.4 Å². The summed E-state index contributed by atoms with van der Waals surface area (Å²) in [7, 11) is 1.30. The minimum atomic E-state index is -0.518. The molecule has 7 heteroatoms. The second-order valence-corrected chi connectivity index (χ2v) is 5.32. The number of nitrogens with one attached hydrogen (secondary N) is 1. The first-order chi connectivity index (χ1) is 10.1. The van der Waals surface area contributed by atoms with E-state index < -0.39 is 5.97 Å². The van der Waals surface area contributed by atoms with Crippen molar-refractivity contribution >= 4 is 17.7 Å². The van der Waals surface area contributed by atoms with Gasteiger partial charge in [0.25, 0.3) is 5.56 Å². The van der Waals surface area contributed by atoms with Crippen molar-refractivity contribution in [3.05, 3.63) is 45.3 Å². The quantitative estimate of drug-likeness (QED) is 0.518. The van der Waals surface area contributed by atoms with E-state index in [-0.39, 0.29) is 11.3 Å². The van der Waals surface area contributed by atoms with Crippen LogP contribution in [-0.4, -0.2) is 23.0 Å².